The van der Waals surface area contributed by atoms with Gasteiger partial charge in [0.15, 0.2) is 0 Å². The molecule has 16 aromatic carbocycles. The normalized spacial score (nSPS) is 14.4. The molecule has 0 bridgehead atoms. The first-order valence-corrected chi connectivity index (χ1v) is 38.1. The zero-order chi connectivity index (χ0) is 71.7. The van der Waals surface area contributed by atoms with E-state index in [0.29, 0.717) is 0 Å². The molecular weight excluding hydrogens is 1300 g/mol. The minimum atomic E-state index is -0.513. The number of nitrogens with zero attached hydrogens (tertiary/aromatic N) is 2. The molecule has 4 aliphatic carbocycles. The van der Waals surface area contributed by atoms with Crippen LogP contribution in [-0.2, 0) is 22.7 Å². The van der Waals surface area contributed by atoms with Gasteiger partial charge in [-0.25, -0.2) is 0 Å². The predicted molar refractivity (Wildman–Crippen MR) is 453 cm³/mol. The fraction of sp³-hybridized carbons (Fsp3) is 0.0755. The first-order valence-electron chi connectivity index (χ1n) is 38.1. The lowest BCUT2D eigenvalue weighted by molar-refractivity contribution is 0.660. The molecule has 0 radical (unpaired) electrons. The zero-order valence-corrected chi connectivity index (χ0v) is 60.7. The Morgan fingerprint density at radius 3 is 1.39 bits per heavy atom. The molecule has 22 rings (SSSR count). The van der Waals surface area contributed by atoms with Crippen LogP contribution in [0.15, 0.2) is 358 Å². The molecule has 0 amide bonds. The van der Waals surface area contributed by atoms with Crippen molar-refractivity contribution in [3.63, 3.8) is 0 Å². The van der Waals surface area contributed by atoms with Gasteiger partial charge in [0.1, 0.15) is 0 Å². The Hall–Kier alpha value is -13.1. The van der Waals surface area contributed by atoms with Gasteiger partial charge < -0.3 is 9.13 Å². The van der Waals surface area contributed by atoms with Crippen molar-refractivity contribution in [3.05, 3.63) is 419 Å². The van der Waals surface area contributed by atoms with Gasteiger partial charge in [-0.1, -0.05) is 301 Å². The minimum absolute atomic E-state index is 0.0958. The van der Waals surface area contributed by atoms with E-state index in [1.807, 2.05) is 0 Å². The van der Waals surface area contributed by atoms with Gasteiger partial charge in [0.2, 0.25) is 0 Å². The first kappa shape index (κ1) is 62.3. The number of hydrogen-bond acceptors (Lipinski definition) is 0. The minimum Gasteiger partial charge on any atom is -0.309 e. The van der Waals surface area contributed by atoms with Crippen molar-refractivity contribution in [1.29, 1.82) is 0 Å². The molecular formula is C106H74N2. The number of aromatic nitrogens is 2. The number of para-hydroxylation sites is 1. The maximum absolute atomic E-state index is 2.54. The molecule has 0 saturated carbocycles. The summed E-state index contributed by atoms with van der Waals surface area (Å²) in [5.41, 5.74) is 42.0. The van der Waals surface area contributed by atoms with Crippen molar-refractivity contribution < 1.29 is 0 Å². The Kier molecular flexibility index (Phi) is 13.5. The third kappa shape index (κ3) is 9.14. The summed E-state index contributed by atoms with van der Waals surface area (Å²) in [5.74, 6) is 0. The van der Waals surface area contributed by atoms with Gasteiger partial charge in [-0.05, 0) is 253 Å². The Labute approximate surface area is 630 Å². The van der Waals surface area contributed by atoms with E-state index >= 15 is 0 Å². The smallest absolute Gasteiger partial charge is 0.0713 e. The van der Waals surface area contributed by atoms with Gasteiger partial charge >= 0.3 is 0 Å². The van der Waals surface area contributed by atoms with E-state index in [1.54, 1.807) is 0 Å². The molecule has 18 aromatic rings. The lowest BCUT2D eigenvalue weighted by Gasteiger charge is -2.34. The van der Waals surface area contributed by atoms with Crippen LogP contribution in [0, 0.1) is 0 Å². The summed E-state index contributed by atoms with van der Waals surface area (Å²) in [7, 11) is 0. The highest BCUT2D eigenvalue weighted by Crippen LogP contribution is 2.59. The molecule has 4 aliphatic rings. The summed E-state index contributed by atoms with van der Waals surface area (Å²) in [4.78, 5) is 0. The van der Waals surface area contributed by atoms with Gasteiger partial charge in [-0.3, -0.25) is 0 Å². The summed E-state index contributed by atoms with van der Waals surface area (Å²) in [6.45, 7) is 9.57. The van der Waals surface area contributed by atoms with Crippen LogP contribution in [0.1, 0.15) is 88.9 Å². The van der Waals surface area contributed by atoms with Gasteiger partial charge in [-0.15, -0.1) is 0 Å². The van der Waals surface area contributed by atoms with Gasteiger partial charge in [0.25, 0.3) is 0 Å². The summed E-state index contributed by atoms with van der Waals surface area (Å²) < 4.78 is 5.06. The Morgan fingerprint density at radius 2 is 0.685 bits per heavy atom. The second-order valence-electron chi connectivity index (χ2n) is 31.5. The monoisotopic (exact) mass is 1370 g/mol. The molecule has 0 N–H and O–H groups in total. The molecule has 508 valence electrons. The number of hydrogen-bond donors (Lipinski definition) is 0. The van der Waals surface area contributed by atoms with Crippen molar-refractivity contribution in [2.75, 3.05) is 0 Å². The highest BCUT2D eigenvalue weighted by molar-refractivity contribution is 6.14. The van der Waals surface area contributed by atoms with Crippen molar-refractivity contribution in [3.8, 4) is 100 Å². The van der Waals surface area contributed by atoms with E-state index in [9.17, 15) is 0 Å². The highest BCUT2D eigenvalue weighted by Gasteiger charge is 2.47. The molecule has 0 atom stereocenters. The van der Waals surface area contributed by atoms with Crippen LogP contribution in [0.4, 0.5) is 0 Å². The topological polar surface area (TPSA) is 9.86 Å². The maximum atomic E-state index is 2.54. The number of allylic oxidation sites excluding steroid dienone is 1. The largest absolute Gasteiger partial charge is 0.309 e. The molecule has 0 fully saturated rings. The van der Waals surface area contributed by atoms with Gasteiger partial charge in [-0.2, -0.15) is 0 Å². The third-order valence-corrected chi connectivity index (χ3v) is 25.0. The molecule has 2 nitrogen and oxygen atoms in total. The summed E-state index contributed by atoms with van der Waals surface area (Å²) >= 11 is 0. The van der Waals surface area contributed by atoms with Crippen LogP contribution in [0.2, 0.25) is 0 Å². The second-order valence-corrected chi connectivity index (χ2v) is 31.5. The van der Waals surface area contributed by atoms with Gasteiger partial charge in [0, 0.05) is 43.7 Å². The van der Waals surface area contributed by atoms with E-state index < -0.39 is 5.41 Å². The Morgan fingerprint density at radius 1 is 0.231 bits per heavy atom. The molecule has 2 aromatic heterocycles. The van der Waals surface area contributed by atoms with Crippen LogP contribution >= 0.6 is 0 Å². The lowest BCUT2D eigenvalue weighted by Crippen LogP contribution is -2.28. The van der Waals surface area contributed by atoms with E-state index in [0.717, 1.165) is 28.9 Å². The van der Waals surface area contributed by atoms with E-state index in [4.69, 9.17) is 0 Å². The SMILES string of the molecule is CC1(C)c2ccccc2-c2cc3c(cc21)C=C(c1cccc(-c2cccc(-n4c5ccc(-c6ccc(-c7cc(-c8ccccc8)cc(-n8c9ccccc9c9cc%10c(cc98)-c8ccccc8C%10(c8ccccc8)c8ccccc8)c7)cc6)cc5c5cc6c(cc54)C(C)(C)c4ccccc4-6)c2)c1)Cc1ccccc1-3. The molecule has 0 spiro atoms. The van der Waals surface area contributed by atoms with Crippen molar-refractivity contribution in [2.45, 2.75) is 50.4 Å². The van der Waals surface area contributed by atoms with Gasteiger partial charge in [0.05, 0.1) is 27.5 Å². The fourth-order valence-corrected chi connectivity index (χ4v) is 19.8. The number of benzene rings is 16. The van der Waals surface area contributed by atoms with Crippen LogP contribution in [-0.4, -0.2) is 9.13 Å². The fourth-order valence-electron chi connectivity index (χ4n) is 19.8. The standard InChI is InChI=1S/C106H74N2/c1-104(2)94-42-20-16-38-83(94)88-61-87-77(60-97(88)104)55-74(53-73-28-14-15-37-82(73)87)70-30-24-29-69(52-70)71-31-25-36-80(56-71)107-101-51-50-72(59-91(101)92-62-89-84-39-17-21-43-95(84)105(3,4)98(89)65-103(92)107)67-46-48-68(49-47-67)76-54-75(66-26-8-5-9-27-66)57-81(58-76)108-100-45-23-19-41-86(100)93-63-99-90(64-102(93)108)85-40-18-22-44-96(85)106(99,78-32-10-6-11-33-78)79-34-12-7-13-35-79/h5-52,54-65H,53H2,1-4H3. The predicted octanol–water partition coefficient (Wildman–Crippen LogP) is 27.3. The molecule has 108 heavy (non-hydrogen) atoms. The van der Waals surface area contributed by atoms with Crippen LogP contribution in [0.5, 0.6) is 0 Å². The Balaban J connectivity index is 0.656. The maximum Gasteiger partial charge on any atom is 0.0713 e. The first-order chi connectivity index (χ1) is 53.0. The van der Waals surface area contributed by atoms with Crippen LogP contribution in [0.3, 0.4) is 0 Å². The number of fused-ring (bicyclic) bond motifs is 18. The van der Waals surface area contributed by atoms with Crippen molar-refractivity contribution in [2.24, 2.45) is 0 Å². The van der Waals surface area contributed by atoms with Crippen molar-refractivity contribution in [1.82, 2.24) is 9.13 Å². The second kappa shape index (κ2) is 23.4. The average molecular weight is 1380 g/mol. The summed E-state index contributed by atoms with van der Waals surface area (Å²) in [6, 6.07) is 136. The summed E-state index contributed by atoms with van der Waals surface area (Å²) in [6.07, 6.45) is 3.33. The van der Waals surface area contributed by atoms with Crippen molar-refractivity contribution >= 4 is 55.3 Å². The van der Waals surface area contributed by atoms with Crippen LogP contribution < -0.4 is 0 Å². The molecule has 0 saturated heterocycles. The van der Waals surface area contributed by atoms with Crippen LogP contribution in [0.25, 0.3) is 156 Å². The summed E-state index contributed by atoms with van der Waals surface area (Å²) in [5, 5.41) is 4.94. The highest BCUT2D eigenvalue weighted by atomic mass is 15.0. The Bertz CT molecular complexity index is 6810. The molecule has 0 unspecified atom stereocenters. The quantitative estimate of drug-likeness (QED) is 0.136. The molecule has 2 heteroatoms. The van der Waals surface area contributed by atoms with E-state index in [2.05, 4.69) is 401 Å². The number of rotatable bonds is 9. The molecule has 0 aliphatic heterocycles. The zero-order valence-electron chi connectivity index (χ0n) is 60.7. The van der Waals surface area contributed by atoms with E-state index in [-0.39, 0.29) is 10.8 Å². The average Bonchev–Trinajstić information content (AvgIpc) is 1.53. The van der Waals surface area contributed by atoms with E-state index in [1.165, 1.54) is 188 Å². The lowest BCUT2D eigenvalue weighted by atomic mass is 9.67. The molecule has 2 heterocycles. The third-order valence-electron chi connectivity index (χ3n) is 25.0.